The highest BCUT2D eigenvalue weighted by Gasteiger charge is 2.35. The number of halogens is 1. The van der Waals surface area contributed by atoms with E-state index >= 15 is 0 Å². The largest absolute Gasteiger partial charge is 0.349 e. The standard InChI is InChI=1S/C26H38ClN7O3/c1-4-20-15-32(25-26(37)30-24-23(29-25)28-22(36)16-33(24)17-35)12-13-34(20)21-8-10-31(11-9-21)14-18(2)6-5-7-19(3)27/h6-7,17,20-21H,4-5,8-16H2,1-3H3,(H,30,37)(H,28,29,36)/b18-6+,19-7+. The molecule has 0 radical (unpaired) electrons. The number of aromatic nitrogens is 2. The molecule has 10 nitrogen and oxygen atoms in total. The van der Waals surface area contributed by atoms with E-state index < -0.39 is 0 Å². The highest BCUT2D eigenvalue weighted by Crippen LogP contribution is 2.28. The molecule has 0 bridgehead atoms. The average molecular weight is 532 g/mol. The van der Waals surface area contributed by atoms with Crippen LogP contribution < -0.4 is 20.7 Å². The minimum Gasteiger partial charge on any atom is -0.349 e. The van der Waals surface area contributed by atoms with Crippen molar-refractivity contribution in [3.05, 3.63) is 33.1 Å². The molecule has 1 unspecified atom stereocenters. The third kappa shape index (κ3) is 6.61. The number of allylic oxidation sites excluding steroid dienone is 3. The van der Waals surface area contributed by atoms with Crippen LogP contribution in [0.5, 0.6) is 0 Å². The summed E-state index contributed by atoms with van der Waals surface area (Å²) in [5, 5.41) is 3.51. The average Bonchev–Trinajstić information content (AvgIpc) is 2.88. The van der Waals surface area contributed by atoms with Crippen LogP contribution in [0.2, 0.25) is 0 Å². The monoisotopic (exact) mass is 531 g/mol. The summed E-state index contributed by atoms with van der Waals surface area (Å²) in [6.45, 7) is 11.5. The molecule has 202 valence electrons. The molecule has 2 saturated heterocycles. The van der Waals surface area contributed by atoms with Crippen LogP contribution in [0.4, 0.5) is 17.5 Å². The van der Waals surface area contributed by atoms with Crippen LogP contribution in [0.25, 0.3) is 0 Å². The second kappa shape index (κ2) is 12.2. The summed E-state index contributed by atoms with van der Waals surface area (Å²) in [6.07, 6.45) is 8.94. The fourth-order valence-corrected chi connectivity index (χ4v) is 5.68. The quantitative estimate of drug-likeness (QED) is 0.392. The number of likely N-dealkylation sites (tertiary alicyclic amines) is 1. The number of nitrogens with one attached hydrogen (secondary N) is 2. The Kier molecular flexibility index (Phi) is 9.04. The Hall–Kier alpha value is -2.69. The molecule has 11 heteroatoms. The van der Waals surface area contributed by atoms with Gasteiger partial charge in [-0.05, 0) is 52.6 Å². The number of anilines is 3. The molecule has 2 N–H and O–H groups in total. The summed E-state index contributed by atoms with van der Waals surface area (Å²) in [7, 11) is 0. The molecular weight excluding hydrogens is 494 g/mol. The summed E-state index contributed by atoms with van der Waals surface area (Å²) < 4.78 is 0. The fourth-order valence-electron chi connectivity index (χ4n) is 5.59. The minimum atomic E-state index is -0.349. The van der Waals surface area contributed by atoms with Crippen molar-refractivity contribution in [2.75, 3.05) is 60.9 Å². The van der Waals surface area contributed by atoms with Gasteiger partial charge in [-0.25, -0.2) is 4.98 Å². The zero-order valence-electron chi connectivity index (χ0n) is 22.0. The first kappa shape index (κ1) is 27.3. The van der Waals surface area contributed by atoms with Crippen LogP contribution in [0, 0.1) is 0 Å². The van der Waals surface area contributed by atoms with Crippen LogP contribution in [0.1, 0.15) is 46.5 Å². The summed E-state index contributed by atoms with van der Waals surface area (Å²) in [6, 6.07) is 0.848. The topological polar surface area (TPSA) is 105 Å². The third-order valence-electron chi connectivity index (χ3n) is 7.53. The Labute approximate surface area is 223 Å². The van der Waals surface area contributed by atoms with Crippen molar-refractivity contribution in [2.24, 2.45) is 0 Å². The molecule has 4 rings (SSSR count). The van der Waals surface area contributed by atoms with Gasteiger partial charge in [0.1, 0.15) is 6.54 Å². The van der Waals surface area contributed by atoms with Crippen molar-refractivity contribution in [3.8, 4) is 0 Å². The normalized spacial score (nSPS) is 22.7. The van der Waals surface area contributed by atoms with Gasteiger partial charge in [0.05, 0.1) is 0 Å². The van der Waals surface area contributed by atoms with Crippen molar-refractivity contribution >= 4 is 41.4 Å². The number of amides is 2. The maximum Gasteiger partial charge on any atom is 0.292 e. The Morgan fingerprint density at radius 2 is 1.89 bits per heavy atom. The van der Waals surface area contributed by atoms with Gasteiger partial charge in [0.15, 0.2) is 17.5 Å². The Morgan fingerprint density at radius 1 is 1.14 bits per heavy atom. The molecule has 3 aliphatic heterocycles. The van der Waals surface area contributed by atoms with Gasteiger partial charge in [-0.1, -0.05) is 36.2 Å². The number of nitrogens with zero attached hydrogens (tertiary/aromatic N) is 5. The molecule has 2 amide bonds. The SMILES string of the molecule is CCC1CN(c2nc3c([nH]c2=O)N(C=O)CC(=O)N3)CCN1C1CCN(C/C(C)=C/C/C=C(\C)Cl)CC1. The predicted octanol–water partition coefficient (Wildman–Crippen LogP) is 2.53. The fraction of sp³-hybridized carbons (Fsp3) is 0.615. The number of rotatable bonds is 8. The Balaban J connectivity index is 1.36. The third-order valence-corrected chi connectivity index (χ3v) is 7.68. The Bertz CT molecular complexity index is 1110. The highest BCUT2D eigenvalue weighted by molar-refractivity contribution is 6.29. The lowest BCUT2D eigenvalue weighted by Gasteiger charge is -2.47. The van der Waals surface area contributed by atoms with Crippen molar-refractivity contribution < 1.29 is 9.59 Å². The molecule has 1 atom stereocenters. The zero-order chi connectivity index (χ0) is 26.5. The van der Waals surface area contributed by atoms with Crippen molar-refractivity contribution in [1.82, 2.24) is 19.8 Å². The number of piperidine rings is 1. The summed E-state index contributed by atoms with van der Waals surface area (Å²) in [5.41, 5.74) is 1.03. The van der Waals surface area contributed by atoms with Gasteiger partial charge in [-0.2, -0.15) is 0 Å². The molecule has 1 aromatic heterocycles. The summed E-state index contributed by atoms with van der Waals surface area (Å²) in [4.78, 5) is 51.7. The van der Waals surface area contributed by atoms with Gasteiger partial charge in [0.2, 0.25) is 12.3 Å². The van der Waals surface area contributed by atoms with Crippen LogP contribution in [0.3, 0.4) is 0 Å². The van der Waals surface area contributed by atoms with E-state index in [0.29, 0.717) is 37.4 Å². The van der Waals surface area contributed by atoms with Crippen LogP contribution in [-0.2, 0) is 9.59 Å². The second-order valence-electron chi connectivity index (χ2n) is 10.2. The van der Waals surface area contributed by atoms with Crippen LogP contribution in [0.15, 0.2) is 27.6 Å². The first-order valence-corrected chi connectivity index (χ1v) is 13.5. The van der Waals surface area contributed by atoms with Crippen LogP contribution >= 0.6 is 11.6 Å². The number of hydrogen-bond donors (Lipinski definition) is 2. The lowest BCUT2D eigenvalue weighted by molar-refractivity contribution is -0.117. The van der Waals surface area contributed by atoms with Gasteiger partial charge in [-0.15, -0.1) is 0 Å². The van der Waals surface area contributed by atoms with Gasteiger partial charge in [0.25, 0.3) is 5.56 Å². The van der Waals surface area contributed by atoms with E-state index in [1.54, 1.807) is 0 Å². The smallest absolute Gasteiger partial charge is 0.292 e. The maximum absolute atomic E-state index is 12.9. The molecule has 37 heavy (non-hydrogen) atoms. The van der Waals surface area contributed by atoms with E-state index in [2.05, 4.69) is 45.0 Å². The van der Waals surface area contributed by atoms with E-state index in [9.17, 15) is 14.4 Å². The number of piperazine rings is 1. The van der Waals surface area contributed by atoms with E-state index in [1.165, 1.54) is 10.5 Å². The molecule has 0 aliphatic carbocycles. The van der Waals surface area contributed by atoms with Gasteiger partial charge in [0, 0.05) is 43.3 Å². The minimum absolute atomic E-state index is 0.135. The predicted molar refractivity (Wildman–Crippen MR) is 147 cm³/mol. The van der Waals surface area contributed by atoms with E-state index in [-0.39, 0.29) is 29.6 Å². The summed E-state index contributed by atoms with van der Waals surface area (Å²) in [5.74, 6) is 0.414. The van der Waals surface area contributed by atoms with Crippen LogP contribution in [-0.4, -0.2) is 90.0 Å². The molecule has 4 heterocycles. The molecule has 0 aromatic carbocycles. The molecule has 3 aliphatic rings. The summed E-state index contributed by atoms with van der Waals surface area (Å²) >= 11 is 5.93. The number of H-pyrrole nitrogens is 1. The van der Waals surface area contributed by atoms with Gasteiger partial charge >= 0.3 is 0 Å². The first-order valence-electron chi connectivity index (χ1n) is 13.2. The zero-order valence-corrected chi connectivity index (χ0v) is 22.8. The molecule has 1 aromatic rings. The molecule has 0 spiro atoms. The van der Waals surface area contributed by atoms with Crippen molar-refractivity contribution in [2.45, 2.75) is 58.5 Å². The van der Waals surface area contributed by atoms with E-state index in [4.69, 9.17) is 11.6 Å². The van der Waals surface area contributed by atoms with Crippen molar-refractivity contribution in [1.29, 1.82) is 0 Å². The van der Waals surface area contributed by atoms with Gasteiger partial charge in [-0.3, -0.25) is 29.1 Å². The molecule has 2 fully saturated rings. The highest BCUT2D eigenvalue weighted by atomic mass is 35.5. The molecular formula is C26H38ClN7O3. The van der Waals surface area contributed by atoms with E-state index in [0.717, 1.165) is 56.9 Å². The van der Waals surface area contributed by atoms with Gasteiger partial charge < -0.3 is 15.2 Å². The first-order chi connectivity index (χ1) is 17.8. The lowest BCUT2D eigenvalue weighted by Crippen LogP contribution is -2.59. The number of hydrogen-bond acceptors (Lipinski definition) is 7. The molecule has 0 saturated carbocycles. The Morgan fingerprint density at radius 3 is 2.57 bits per heavy atom. The number of aromatic amines is 1. The lowest BCUT2D eigenvalue weighted by atomic mass is 9.98. The second-order valence-corrected chi connectivity index (χ2v) is 10.8. The van der Waals surface area contributed by atoms with Crippen molar-refractivity contribution in [3.63, 3.8) is 0 Å². The van der Waals surface area contributed by atoms with E-state index in [1.807, 2.05) is 17.9 Å². The maximum atomic E-state index is 12.9. The number of carbonyl (C=O) groups is 2. The number of carbonyl (C=O) groups excluding carboxylic acids is 2. The number of fused-ring (bicyclic) bond motifs is 1.